The molecule has 1 unspecified atom stereocenters. The van der Waals surface area contributed by atoms with Crippen LogP contribution in [0.3, 0.4) is 0 Å². The summed E-state index contributed by atoms with van der Waals surface area (Å²) in [6, 6.07) is 52.1. The van der Waals surface area contributed by atoms with Crippen molar-refractivity contribution in [1.29, 1.82) is 0 Å². The van der Waals surface area contributed by atoms with E-state index in [1.165, 1.54) is 38.9 Å². The topological polar surface area (TPSA) is 60.6 Å². The maximum absolute atomic E-state index is 5.04. The molecule has 0 radical (unpaired) electrons. The minimum absolute atomic E-state index is 0.0373. The number of aromatic nitrogens is 3. The van der Waals surface area contributed by atoms with Gasteiger partial charge in [-0.2, -0.15) is 0 Å². The third-order valence-corrected chi connectivity index (χ3v) is 9.88. The van der Waals surface area contributed by atoms with Crippen LogP contribution in [-0.2, 0) is 5.41 Å². The summed E-state index contributed by atoms with van der Waals surface area (Å²) in [5.41, 5.74) is 14.3. The predicted molar refractivity (Wildman–Crippen MR) is 195 cm³/mol. The number of nitrogens with zero attached hydrogens (tertiary/aromatic N) is 3. The van der Waals surface area contributed by atoms with Crippen molar-refractivity contribution in [2.45, 2.75) is 25.3 Å². The van der Waals surface area contributed by atoms with Crippen molar-refractivity contribution >= 4 is 0 Å². The van der Waals surface area contributed by atoms with Gasteiger partial charge in [0.1, 0.15) is 0 Å². The van der Waals surface area contributed by atoms with E-state index in [4.69, 9.17) is 15.0 Å². The van der Waals surface area contributed by atoms with Crippen molar-refractivity contribution in [3.8, 4) is 67.5 Å². The molecule has 2 heterocycles. The standard InChI is InChI=1S/C44H34N4/c1-44(2)38-23-21-33(25-37(38)36-22-20-34(26-39(36)44)40-27-45-40)32-14-9-15-35(24-32)43-47-41(30-12-7-4-8-13-30)46-42(48-43)31-18-16-29(17-19-31)28-10-5-3-6-11-28/h3-26,40,45H,27H2,1-2H3. The molecule has 230 valence electrons. The van der Waals surface area contributed by atoms with Gasteiger partial charge in [0, 0.05) is 34.7 Å². The molecule has 6 aromatic carbocycles. The molecule has 0 saturated carbocycles. The molecule has 0 spiro atoms. The van der Waals surface area contributed by atoms with Crippen molar-refractivity contribution in [3.05, 3.63) is 162 Å². The van der Waals surface area contributed by atoms with Gasteiger partial charge in [0.2, 0.25) is 0 Å². The van der Waals surface area contributed by atoms with Crippen molar-refractivity contribution in [1.82, 2.24) is 20.3 Å². The average Bonchev–Trinajstić information content (AvgIpc) is 3.98. The quantitative estimate of drug-likeness (QED) is 0.188. The molecule has 1 fully saturated rings. The van der Waals surface area contributed by atoms with Crippen LogP contribution >= 0.6 is 0 Å². The lowest BCUT2D eigenvalue weighted by Gasteiger charge is -2.22. The molecule has 9 rings (SSSR count). The number of nitrogens with one attached hydrogen (secondary N) is 1. The molecular weight excluding hydrogens is 585 g/mol. The van der Waals surface area contributed by atoms with Crippen LogP contribution in [0.5, 0.6) is 0 Å². The summed E-state index contributed by atoms with van der Waals surface area (Å²) < 4.78 is 0. The second kappa shape index (κ2) is 11.2. The lowest BCUT2D eigenvalue weighted by molar-refractivity contribution is 0.659. The fourth-order valence-corrected chi connectivity index (χ4v) is 7.09. The van der Waals surface area contributed by atoms with E-state index in [9.17, 15) is 0 Å². The monoisotopic (exact) mass is 618 g/mol. The van der Waals surface area contributed by atoms with E-state index in [0.717, 1.165) is 34.4 Å². The Labute approximate surface area is 281 Å². The SMILES string of the molecule is CC1(C)c2ccc(-c3cccc(-c4nc(-c5ccccc5)nc(-c5ccc(-c6ccccc6)cc5)n4)c3)cc2-c2ccc(C3CN3)cc21. The van der Waals surface area contributed by atoms with E-state index in [2.05, 4.69) is 128 Å². The highest BCUT2D eigenvalue weighted by atomic mass is 15.1. The van der Waals surface area contributed by atoms with E-state index >= 15 is 0 Å². The molecule has 48 heavy (non-hydrogen) atoms. The summed E-state index contributed by atoms with van der Waals surface area (Å²) in [6.07, 6.45) is 0. The van der Waals surface area contributed by atoms with Gasteiger partial charge in [0.25, 0.3) is 0 Å². The predicted octanol–water partition coefficient (Wildman–Crippen LogP) is 10.2. The van der Waals surface area contributed by atoms with Gasteiger partial charge in [-0.1, -0.05) is 147 Å². The van der Waals surface area contributed by atoms with Gasteiger partial charge in [-0.3, -0.25) is 0 Å². The number of hydrogen-bond donors (Lipinski definition) is 1. The maximum atomic E-state index is 5.04. The zero-order valence-electron chi connectivity index (χ0n) is 27.0. The van der Waals surface area contributed by atoms with E-state index in [-0.39, 0.29) is 5.41 Å². The minimum Gasteiger partial charge on any atom is -0.307 e. The highest BCUT2D eigenvalue weighted by molar-refractivity contribution is 5.85. The number of benzene rings is 6. The van der Waals surface area contributed by atoms with E-state index in [1.807, 2.05) is 36.4 Å². The lowest BCUT2D eigenvalue weighted by Crippen LogP contribution is -2.15. The molecular formula is C44H34N4. The summed E-state index contributed by atoms with van der Waals surface area (Å²) in [4.78, 5) is 15.0. The number of hydrogen-bond acceptors (Lipinski definition) is 4. The first kappa shape index (κ1) is 28.5. The Bertz CT molecular complexity index is 2300. The van der Waals surface area contributed by atoms with Crippen molar-refractivity contribution in [3.63, 3.8) is 0 Å². The van der Waals surface area contributed by atoms with Crippen LogP contribution in [0.1, 0.15) is 36.6 Å². The van der Waals surface area contributed by atoms with Crippen LogP contribution in [0.15, 0.2) is 146 Å². The molecule has 1 saturated heterocycles. The molecule has 1 N–H and O–H groups in total. The Morgan fingerprint density at radius 1 is 0.458 bits per heavy atom. The summed E-state index contributed by atoms with van der Waals surface area (Å²) in [6.45, 7) is 5.77. The molecule has 4 nitrogen and oxygen atoms in total. The van der Waals surface area contributed by atoms with E-state index in [0.29, 0.717) is 23.5 Å². The highest BCUT2D eigenvalue weighted by Crippen LogP contribution is 2.50. The van der Waals surface area contributed by atoms with Crippen LogP contribution in [0.2, 0.25) is 0 Å². The third kappa shape index (κ3) is 5.02. The van der Waals surface area contributed by atoms with E-state index < -0.39 is 0 Å². The Kier molecular flexibility index (Phi) is 6.66. The average molecular weight is 619 g/mol. The first-order valence-electron chi connectivity index (χ1n) is 16.6. The molecule has 1 atom stereocenters. The molecule has 7 aromatic rings. The van der Waals surface area contributed by atoms with Crippen molar-refractivity contribution in [2.24, 2.45) is 0 Å². The van der Waals surface area contributed by atoms with Crippen LogP contribution in [0, 0.1) is 0 Å². The van der Waals surface area contributed by atoms with Crippen LogP contribution < -0.4 is 5.32 Å². The fourth-order valence-electron chi connectivity index (χ4n) is 7.09. The maximum Gasteiger partial charge on any atom is 0.164 e. The zero-order valence-corrected chi connectivity index (χ0v) is 27.0. The Morgan fingerprint density at radius 2 is 0.979 bits per heavy atom. The molecule has 2 aliphatic rings. The lowest BCUT2D eigenvalue weighted by atomic mass is 9.81. The highest BCUT2D eigenvalue weighted by Gasteiger charge is 2.37. The first-order valence-corrected chi connectivity index (χ1v) is 16.6. The smallest absolute Gasteiger partial charge is 0.164 e. The van der Waals surface area contributed by atoms with Gasteiger partial charge in [-0.05, 0) is 62.2 Å². The zero-order chi connectivity index (χ0) is 32.2. The minimum atomic E-state index is -0.0373. The summed E-state index contributed by atoms with van der Waals surface area (Å²) in [5, 5.41) is 3.46. The number of fused-ring (bicyclic) bond motifs is 3. The Hall–Kier alpha value is -5.71. The van der Waals surface area contributed by atoms with Crippen molar-refractivity contribution < 1.29 is 0 Å². The second-order valence-corrected chi connectivity index (χ2v) is 13.3. The van der Waals surface area contributed by atoms with Crippen LogP contribution in [-0.4, -0.2) is 21.5 Å². The molecule has 1 aromatic heterocycles. The van der Waals surface area contributed by atoms with Gasteiger partial charge < -0.3 is 5.32 Å². The molecule has 1 aliphatic heterocycles. The molecule has 1 aliphatic carbocycles. The summed E-state index contributed by atoms with van der Waals surface area (Å²) in [7, 11) is 0. The largest absolute Gasteiger partial charge is 0.307 e. The third-order valence-electron chi connectivity index (χ3n) is 9.88. The summed E-state index contributed by atoms with van der Waals surface area (Å²) >= 11 is 0. The van der Waals surface area contributed by atoms with Gasteiger partial charge in [0.05, 0.1) is 0 Å². The van der Waals surface area contributed by atoms with Gasteiger partial charge >= 0.3 is 0 Å². The van der Waals surface area contributed by atoms with Crippen LogP contribution in [0.25, 0.3) is 67.5 Å². The van der Waals surface area contributed by atoms with Gasteiger partial charge in [-0.25, -0.2) is 15.0 Å². The van der Waals surface area contributed by atoms with Crippen molar-refractivity contribution in [2.75, 3.05) is 6.54 Å². The molecule has 0 bridgehead atoms. The number of rotatable bonds is 6. The normalized spacial score (nSPS) is 15.5. The van der Waals surface area contributed by atoms with Crippen LogP contribution in [0.4, 0.5) is 0 Å². The molecule has 0 amide bonds. The van der Waals surface area contributed by atoms with Gasteiger partial charge in [-0.15, -0.1) is 0 Å². The van der Waals surface area contributed by atoms with Gasteiger partial charge in [0.15, 0.2) is 17.5 Å². The first-order chi connectivity index (χ1) is 23.5. The summed E-state index contributed by atoms with van der Waals surface area (Å²) in [5.74, 6) is 1.97. The Morgan fingerprint density at radius 3 is 1.67 bits per heavy atom. The fraction of sp³-hybridized carbons (Fsp3) is 0.114. The second-order valence-electron chi connectivity index (χ2n) is 13.3. The molecule has 4 heteroatoms. The Balaban J connectivity index is 1.11. The van der Waals surface area contributed by atoms with E-state index in [1.54, 1.807) is 0 Å².